The van der Waals surface area contributed by atoms with Crippen LogP contribution in [0, 0.1) is 6.92 Å². The molecule has 0 saturated carbocycles. The summed E-state index contributed by atoms with van der Waals surface area (Å²) in [5.41, 5.74) is 2.59. The molecule has 1 atom stereocenters. The van der Waals surface area contributed by atoms with Gasteiger partial charge in [-0.15, -0.1) is 0 Å². The van der Waals surface area contributed by atoms with Gasteiger partial charge in [0, 0.05) is 32.3 Å². The highest BCUT2D eigenvalue weighted by Gasteiger charge is 2.32. The number of likely N-dealkylation sites (tertiary alicyclic amines) is 1. The Balaban J connectivity index is 1.87. The second-order valence-corrected chi connectivity index (χ2v) is 6.27. The van der Waals surface area contributed by atoms with Gasteiger partial charge in [-0.3, -0.25) is 4.79 Å². The van der Waals surface area contributed by atoms with Gasteiger partial charge in [0.1, 0.15) is 11.6 Å². The molecule has 1 aliphatic heterocycles. The molecule has 0 spiro atoms. The van der Waals surface area contributed by atoms with Gasteiger partial charge in [0.2, 0.25) is 0 Å². The Morgan fingerprint density at radius 1 is 1.36 bits per heavy atom. The van der Waals surface area contributed by atoms with Crippen LogP contribution in [0.25, 0.3) is 0 Å². The Bertz CT molecular complexity index is 763. The number of anilines is 1. The molecule has 1 aliphatic rings. The summed E-state index contributed by atoms with van der Waals surface area (Å²) in [7, 11) is 3.49. The zero-order valence-corrected chi connectivity index (χ0v) is 15.0. The number of amides is 1. The second kappa shape index (κ2) is 7.61. The normalized spacial score (nSPS) is 16.9. The van der Waals surface area contributed by atoms with Crippen molar-refractivity contribution in [3.63, 3.8) is 0 Å². The Morgan fingerprint density at radius 2 is 2.20 bits per heavy atom. The molecule has 6 heteroatoms. The van der Waals surface area contributed by atoms with Gasteiger partial charge in [0.25, 0.3) is 5.91 Å². The van der Waals surface area contributed by atoms with E-state index >= 15 is 0 Å². The van der Waals surface area contributed by atoms with E-state index in [0.717, 1.165) is 36.5 Å². The maximum atomic E-state index is 13.1. The van der Waals surface area contributed by atoms with E-state index in [1.807, 2.05) is 49.2 Å². The number of carbonyl (C=O) groups is 1. The molecule has 0 bridgehead atoms. The van der Waals surface area contributed by atoms with Gasteiger partial charge in [-0.25, -0.2) is 9.97 Å². The molecule has 6 nitrogen and oxygen atoms in total. The van der Waals surface area contributed by atoms with Crippen LogP contribution in [0.1, 0.15) is 46.3 Å². The Hall–Kier alpha value is -2.47. The highest BCUT2D eigenvalue weighted by atomic mass is 16.5. The molecular weight excluding hydrogens is 316 g/mol. The summed E-state index contributed by atoms with van der Waals surface area (Å²) in [5.74, 6) is 1.54. The lowest BCUT2D eigenvalue weighted by Crippen LogP contribution is -2.31. The minimum absolute atomic E-state index is 0.00705. The van der Waals surface area contributed by atoms with Gasteiger partial charge in [0.05, 0.1) is 18.3 Å². The third-order valence-corrected chi connectivity index (χ3v) is 4.45. The average Bonchev–Trinajstić information content (AvgIpc) is 3.11. The summed E-state index contributed by atoms with van der Waals surface area (Å²) in [5, 5.41) is 3.06. The number of aryl methyl sites for hydroxylation is 1. The van der Waals surface area contributed by atoms with Crippen molar-refractivity contribution in [1.29, 1.82) is 0 Å². The van der Waals surface area contributed by atoms with E-state index in [-0.39, 0.29) is 11.9 Å². The number of methoxy groups -OCH3 is 1. The van der Waals surface area contributed by atoms with Gasteiger partial charge in [-0.2, -0.15) is 0 Å². The highest BCUT2D eigenvalue weighted by Crippen LogP contribution is 2.33. The van der Waals surface area contributed by atoms with Crippen molar-refractivity contribution in [2.24, 2.45) is 0 Å². The molecule has 1 saturated heterocycles. The first-order valence-electron chi connectivity index (χ1n) is 8.54. The topological polar surface area (TPSA) is 67.4 Å². The van der Waals surface area contributed by atoms with Crippen LogP contribution in [0.2, 0.25) is 0 Å². The zero-order chi connectivity index (χ0) is 17.8. The van der Waals surface area contributed by atoms with Crippen LogP contribution in [0.4, 0.5) is 5.82 Å². The molecule has 2 aromatic rings. The summed E-state index contributed by atoms with van der Waals surface area (Å²) >= 11 is 0. The van der Waals surface area contributed by atoms with E-state index in [4.69, 9.17) is 4.74 Å². The molecule has 132 valence electrons. The number of hydrogen-bond acceptors (Lipinski definition) is 5. The zero-order valence-electron chi connectivity index (χ0n) is 15.0. The first kappa shape index (κ1) is 17.4. The van der Waals surface area contributed by atoms with Crippen molar-refractivity contribution in [2.45, 2.75) is 32.4 Å². The minimum Gasteiger partial charge on any atom is -0.380 e. The molecular formula is C19H24N4O2. The van der Waals surface area contributed by atoms with Crippen LogP contribution in [0.15, 0.2) is 30.3 Å². The maximum Gasteiger partial charge on any atom is 0.254 e. The lowest BCUT2D eigenvalue weighted by molar-refractivity contribution is 0.0732. The van der Waals surface area contributed by atoms with Gasteiger partial charge in [0.15, 0.2) is 0 Å². The summed E-state index contributed by atoms with van der Waals surface area (Å²) in [4.78, 5) is 23.9. The van der Waals surface area contributed by atoms with Crippen LogP contribution in [0.3, 0.4) is 0 Å². The average molecular weight is 340 g/mol. The molecule has 1 aromatic heterocycles. The van der Waals surface area contributed by atoms with Crippen LogP contribution in [0.5, 0.6) is 0 Å². The predicted molar refractivity (Wildman–Crippen MR) is 96.5 cm³/mol. The number of benzene rings is 1. The fourth-order valence-corrected chi connectivity index (χ4v) is 3.33. The SMILES string of the molecule is CNc1cc([C@H]2CCCN2C(=O)c2cccc(COC)c2)nc(C)n1. The summed E-state index contributed by atoms with van der Waals surface area (Å²) in [6.07, 6.45) is 1.90. The van der Waals surface area contributed by atoms with Crippen molar-refractivity contribution in [1.82, 2.24) is 14.9 Å². The van der Waals surface area contributed by atoms with Gasteiger partial charge < -0.3 is 15.0 Å². The number of carbonyl (C=O) groups excluding carboxylic acids is 1. The quantitative estimate of drug-likeness (QED) is 0.906. The van der Waals surface area contributed by atoms with Crippen molar-refractivity contribution in [3.8, 4) is 0 Å². The number of nitrogens with one attached hydrogen (secondary N) is 1. The fourth-order valence-electron chi connectivity index (χ4n) is 3.33. The minimum atomic E-state index is -0.00705. The van der Waals surface area contributed by atoms with Crippen LogP contribution in [-0.2, 0) is 11.3 Å². The second-order valence-electron chi connectivity index (χ2n) is 6.27. The van der Waals surface area contributed by atoms with Gasteiger partial charge >= 0.3 is 0 Å². The Morgan fingerprint density at radius 3 is 2.96 bits per heavy atom. The number of nitrogens with zero attached hydrogens (tertiary/aromatic N) is 3. The number of rotatable bonds is 5. The molecule has 1 amide bonds. The third kappa shape index (κ3) is 3.79. The molecule has 25 heavy (non-hydrogen) atoms. The first-order chi connectivity index (χ1) is 12.1. The van der Waals surface area contributed by atoms with Crippen LogP contribution >= 0.6 is 0 Å². The lowest BCUT2D eigenvalue weighted by atomic mass is 10.1. The smallest absolute Gasteiger partial charge is 0.254 e. The summed E-state index contributed by atoms with van der Waals surface area (Å²) < 4.78 is 5.17. The van der Waals surface area contributed by atoms with E-state index in [9.17, 15) is 4.79 Å². The predicted octanol–water partition coefficient (Wildman–Crippen LogP) is 2.95. The van der Waals surface area contributed by atoms with E-state index in [2.05, 4.69) is 15.3 Å². The van der Waals surface area contributed by atoms with Gasteiger partial charge in [-0.05, 0) is 37.5 Å². The van der Waals surface area contributed by atoms with E-state index in [1.54, 1.807) is 7.11 Å². The molecule has 1 aromatic carbocycles. The van der Waals surface area contributed by atoms with Gasteiger partial charge in [-0.1, -0.05) is 12.1 Å². The van der Waals surface area contributed by atoms with Crippen molar-refractivity contribution in [2.75, 3.05) is 26.0 Å². The molecule has 0 radical (unpaired) electrons. The van der Waals surface area contributed by atoms with E-state index in [1.165, 1.54) is 0 Å². The van der Waals surface area contributed by atoms with Crippen LogP contribution in [-0.4, -0.2) is 41.5 Å². The van der Waals surface area contributed by atoms with Crippen molar-refractivity contribution >= 4 is 11.7 Å². The Kier molecular flexibility index (Phi) is 5.28. The molecule has 0 aliphatic carbocycles. The molecule has 1 N–H and O–H groups in total. The third-order valence-electron chi connectivity index (χ3n) is 4.45. The largest absolute Gasteiger partial charge is 0.380 e. The Labute approximate surface area is 148 Å². The number of aromatic nitrogens is 2. The highest BCUT2D eigenvalue weighted by molar-refractivity contribution is 5.94. The van der Waals surface area contributed by atoms with Crippen molar-refractivity contribution in [3.05, 3.63) is 53.0 Å². The molecule has 1 fully saturated rings. The van der Waals surface area contributed by atoms with Crippen molar-refractivity contribution < 1.29 is 9.53 Å². The number of ether oxygens (including phenoxy) is 1. The summed E-state index contributed by atoms with van der Waals surface area (Å²) in [6, 6.07) is 9.57. The monoisotopic (exact) mass is 340 g/mol. The van der Waals surface area contributed by atoms with E-state index < -0.39 is 0 Å². The fraction of sp³-hybridized carbons (Fsp3) is 0.421. The first-order valence-corrected chi connectivity index (χ1v) is 8.54. The maximum absolute atomic E-state index is 13.1. The van der Waals surface area contributed by atoms with E-state index in [0.29, 0.717) is 18.0 Å². The number of hydrogen-bond donors (Lipinski definition) is 1. The molecule has 0 unspecified atom stereocenters. The molecule has 2 heterocycles. The molecule has 3 rings (SSSR count). The standard InChI is InChI=1S/C19H24N4O2/c1-13-21-16(11-18(20-2)22-13)17-8-5-9-23(17)19(24)15-7-4-6-14(10-15)12-25-3/h4,6-7,10-11,17H,5,8-9,12H2,1-3H3,(H,20,21,22)/t17-/m1/s1. The lowest BCUT2D eigenvalue weighted by Gasteiger charge is -2.25. The van der Waals surface area contributed by atoms with Crippen LogP contribution < -0.4 is 5.32 Å². The summed E-state index contributed by atoms with van der Waals surface area (Å²) in [6.45, 7) is 3.12.